The maximum Gasteiger partial charge on any atom is 0.210 e. The van der Waals surface area contributed by atoms with Gasteiger partial charge >= 0.3 is 0 Å². The highest BCUT2D eigenvalue weighted by atomic mass is 79.9. The molecule has 5 nitrogen and oxygen atoms in total. The van der Waals surface area contributed by atoms with Crippen LogP contribution in [0.25, 0.3) is 11.4 Å². The molecule has 2 aromatic carbocycles. The first-order chi connectivity index (χ1) is 11.6. The summed E-state index contributed by atoms with van der Waals surface area (Å²) in [6.45, 7) is 2.63. The van der Waals surface area contributed by atoms with Crippen molar-refractivity contribution in [1.29, 1.82) is 0 Å². The van der Waals surface area contributed by atoms with E-state index in [1.165, 1.54) is 22.0 Å². The van der Waals surface area contributed by atoms with Crippen molar-refractivity contribution in [3.63, 3.8) is 0 Å². The number of benzene rings is 2. The molecule has 0 bridgehead atoms. The Labute approximate surface area is 153 Å². The molecule has 1 aromatic heterocycles. The van der Waals surface area contributed by atoms with Crippen molar-refractivity contribution < 1.29 is 4.74 Å². The summed E-state index contributed by atoms with van der Waals surface area (Å²) < 4.78 is 8.15. The van der Waals surface area contributed by atoms with Crippen LogP contribution in [-0.4, -0.2) is 27.2 Å². The number of thioether (sulfide) groups is 1. The standard InChI is InChI=1S/C17H17BrN4OS/c1-12-6-8-13(9-7-12)23-10-11-24-17-21-20-16(22(17)19)14-4-2-3-5-15(14)18/h2-9H,10-11,19H2,1H3. The average molecular weight is 405 g/mol. The van der Waals surface area contributed by atoms with Crippen molar-refractivity contribution in [3.05, 3.63) is 58.6 Å². The van der Waals surface area contributed by atoms with Crippen LogP contribution in [0, 0.1) is 6.92 Å². The smallest absolute Gasteiger partial charge is 0.210 e. The van der Waals surface area contributed by atoms with E-state index in [0.29, 0.717) is 17.6 Å². The fraction of sp³-hybridized carbons (Fsp3) is 0.176. The first-order valence-electron chi connectivity index (χ1n) is 7.43. The fourth-order valence-corrected chi connectivity index (χ4v) is 3.26. The van der Waals surface area contributed by atoms with Gasteiger partial charge in [-0.3, -0.25) is 0 Å². The predicted octanol–water partition coefficient (Wildman–Crippen LogP) is 3.90. The van der Waals surface area contributed by atoms with E-state index >= 15 is 0 Å². The Morgan fingerprint density at radius 2 is 1.88 bits per heavy atom. The average Bonchev–Trinajstić information content (AvgIpc) is 2.94. The Morgan fingerprint density at radius 1 is 1.12 bits per heavy atom. The second kappa shape index (κ2) is 7.72. The molecule has 0 amide bonds. The lowest BCUT2D eigenvalue weighted by atomic mass is 10.2. The number of halogens is 1. The normalized spacial score (nSPS) is 10.8. The van der Waals surface area contributed by atoms with Gasteiger partial charge in [0.05, 0.1) is 6.61 Å². The number of hydrogen-bond donors (Lipinski definition) is 1. The van der Waals surface area contributed by atoms with E-state index in [1.54, 1.807) is 0 Å². The van der Waals surface area contributed by atoms with Gasteiger partial charge in [-0.25, -0.2) is 4.68 Å². The van der Waals surface area contributed by atoms with Crippen LogP contribution >= 0.6 is 27.7 Å². The summed E-state index contributed by atoms with van der Waals surface area (Å²) in [6, 6.07) is 15.8. The summed E-state index contributed by atoms with van der Waals surface area (Å²) in [7, 11) is 0. The summed E-state index contributed by atoms with van der Waals surface area (Å²) in [5.74, 6) is 8.35. The molecule has 2 N–H and O–H groups in total. The molecule has 24 heavy (non-hydrogen) atoms. The van der Waals surface area contributed by atoms with Crippen LogP contribution in [-0.2, 0) is 0 Å². The number of rotatable bonds is 6. The molecule has 3 aromatic rings. The van der Waals surface area contributed by atoms with Crippen molar-refractivity contribution in [2.24, 2.45) is 0 Å². The van der Waals surface area contributed by atoms with E-state index in [2.05, 4.69) is 33.1 Å². The summed E-state index contributed by atoms with van der Waals surface area (Å²) in [4.78, 5) is 0. The van der Waals surface area contributed by atoms with Crippen LogP contribution in [0.15, 0.2) is 58.2 Å². The topological polar surface area (TPSA) is 66.0 Å². The van der Waals surface area contributed by atoms with Crippen LogP contribution in [0.2, 0.25) is 0 Å². The van der Waals surface area contributed by atoms with Gasteiger partial charge in [-0.2, -0.15) is 0 Å². The number of aromatic nitrogens is 3. The van der Waals surface area contributed by atoms with Gasteiger partial charge in [-0.15, -0.1) is 10.2 Å². The largest absolute Gasteiger partial charge is 0.493 e. The van der Waals surface area contributed by atoms with Crippen LogP contribution in [0.1, 0.15) is 5.56 Å². The Balaban J connectivity index is 1.59. The molecule has 0 aliphatic rings. The Morgan fingerprint density at radius 3 is 2.62 bits per heavy atom. The molecule has 7 heteroatoms. The number of aryl methyl sites for hydroxylation is 1. The molecule has 0 saturated carbocycles. The third-order valence-corrected chi connectivity index (χ3v) is 4.98. The molecule has 0 radical (unpaired) electrons. The molecule has 0 saturated heterocycles. The highest BCUT2D eigenvalue weighted by Crippen LogP contribution is 2.27. The molecular formula is C17H17BrN4OS. The van der Waals surface area contributed by atoms with Gasteiger partial charge in [0.25, 0.3) is 0 Å². The molecule has 0 fully saturated rings. The Bertz CT molecular complexity index is 820. The van der Waals surface area contributed by atoms with Gasteiger partial charge in [0.1, 0.15) is 5.75 Å². The quantitative estimate of drug-likeness (QED) is 0.383. The molecule has 124 valence electrons. The highest BCUT2D eigenvalue weighted by molar-refractivity contribution is 9.10. The molecule has 1 heterocycles. The second-order valence-electron chi connectivity index (χ2n) is 5.17. The van der Waals surface area contributed by atoms with Gasteiger partial charge in [0.15, 0.2) is 5.82 Å². The van der Waals surface area contributed by atoms with Gasteiger partial charge in [-0.05, 0) is 31.2 Å². The molecule has 0 spiro atoms. The van der Waals surface area contributed by atoms with Crippen molar-refractivity contribution in [2.75, 3.05) is 18.2 Å². The lowest BCUT2D eigenvalue weighted by Gasteiger charge is -2.07. The first kappa shape index (κ1) is 16.9. The van der Waals surface area contributed by atoms with Crippen molar-refractivity contribution in [3.8, 4) is 17.1 Å². The van der Waals surface area contributed by atoms with Gasteiger partial charge < -0.3 is 10.6 Å². The molecule has 0 atom stereocenters. The first-order valence-corrected chi connectivity index (χ1v) is 9.20. The summed E-state index contributed by atoms with van der Waals surface area (Å²) in [6.07, 6.45) is 0. The zero-order valence-electron chi connectivity index (χ0n) is 13.1. The summed E-state index contributed by atoms with van der Waals surface area (Å²) in [5.41, 5.74) is 2.13. The lowest BCUT2D eigenvalue weighted by molar-refractivity contribution is 0.344. The van der Waals surface area contributed by atoms with E-state index in [-0.39, 0.29) is 0 Å². The van der Waals surface area contributed by atoms with Crippen LogP contribution in [0.3, 0.4) is 0 Å². The van der Waals surface area contributed by atoms with Crippen molar-refractivity contribution >= 4 is 27.7 Å². The number of nitrogens with zero attached hydrogens (tertiary/aromatic N) is 3. The van der Waals surface area contributed by atoms with E-state index in [9.17, 15) is 0 Å². The summed E-state index contributed by atoms with van der Waals surface area (Å²) >= 11 is 5.02. The van der Waals surface area contributed by atoms with Crippen LogP contribution in [0.5, 0.6) is 5.75 Å². The molecular weight excluding hydrogens is 388 g/mol. The third-order valence-electron chi connectivity index (χ3n) is 3.38. The van der Waals surface area contributed by atoms with E-state index in [4.69, 9.17) is 10.6 Å². The Kier molecular flexibility index (Phi) is 5.42. The minimum absolute atomic E-state index is 0.574. The second-order valence-corrected chi connectivity index (χ2v) is 7.08. The van der Waals surface area contributed by atoms with E-state index < -0.39 is 0 Å². The molecule has 0 aliphatic heterocycles. The minimum Gasteiger partial charge on any atom is -0.493 e. The summed E-state index contributed by atoms with van der Waals surface area (Å²) in [5, 5.41) is 9.01. The maximum absolute atomic E-state index is 6.12. The van der Waals surface area contributed by atoms with E-state index in [1.807, 2.05) is 48.5 Å². The number of hydrogen-bond acceptors (Lipinski definition) is 5. The third kappa shape index (κ3) is 3.91. The SMILES string of the molecule is Cc1ccc(OCCSc2nnc(-c3ccccc3Br)n2N)cc1. The maximum atomic E-state index is 6.12. The van der Waals surface area contributed by atoms with Gasteiger partial charge in [0, 0.05) is 15.8 Å². The monoisotopic (exact) mass is 404 g/mol. The van der Waals surface area contributed by atoms with Crippen LogP contribution < -0.4 is 10.6 Å². The predicted molar refractivity (Wildman–Crippen MR) is 101 cm³/mol. The number of nitrogen functional groups attached to an aromatic ring is 1. The van der Waals surface area contributed by atoms with Gasteiger partial charge in [0.2, 0.25) is 5.16 Å². The van der Waals surface area contributed by atoms with Crippen LogP contribution in [0.4, 0.5) is 0 Å². The Hall–Kier alpha value is -1.99. The highest BCUT2D eigenvalue weighted by Gasteiger charge is 2.14. The van der Waals surface area contributed by atoms with Crippen molar-refractivity contribution in [1.82, 2.24) is 14.9 Å². The molecule has 0 unspecified atom stereocenters. The lowest BCUT2D eigenvalue weighted by Crippen LogP contribution is -2.12. The fourth-order valence-electron chi connectivity index (χ4n) is 2.13. The van der Waals surface area contributed by atoms with Crippen molar-refractivity contribution in [2.45, 2.75) is 12.1 Å². The number of nitrogens with two attached hydrogens (primary N) is 1. The molecule has 0 aliphatic carbocycles. The zero-order valence-corrected chi connectivity index (χ0v) is 15.5. The molecule has 3 rings (SSSR count). The van der Waals surface area contributed by atoms with Gasteiger partial charge in [-0.1, -0.05) is 57.5 Å². The van der Waals surface area contributed by atoms with E-state index in [0.717, 1.165) is 21.5 Å². The minimum atomic E-state index is 0.574. The zero-order chi connectivity index (χ0) is 16.9. The number of ether oxygens (including phenoxy) is 1.